The minimum absolute atomic E-state index is 0.0187. The Morgan fingerprint density at radius 2 is 2.36 bits per heavy atom. The lowest BCUT2D eigenvalue weighted by Crippen LogP contribution is -2.37. The zero-order valence-corrected chi connectivity index (χ0v) is 8.36. The van der Waals surface area contributed by atoms with E-state index in [1.54, 1.807) is 6.08 Å². The van der Waals surface area contributed by atoms with Crippen LogP contribution in [0.3, 0.4) is 0 Å². The molecule has 14 heavy (non-hydrogen) atoms. The summed E-state index contributed by atoms with van der Waals surface area (Å²) in [7, 11) is 0. The van der Waals surface area contributed by atoms with Gasteiger partial charge in [-0.15, -0.1) is 0 Å². The molecule has 4 heteroatoms. The molecule has 1 aliphatic rings. The first kappa shape index (κ1) is 10.9. The van der Waals surface area contributed by atoms with E-state index in [1.807, 2.05) is 6.08 Å². The maximum atomic E-state index is 10.9. The number of ketones is 1. The van der Waals surface area contributed by atoms with Gasteiger partial charge in [-0.25, -0.2) is 0 Å². The van der Waals surface area contributed by atoms with Crippen molar-refractivity contribution in [2.75, 3.05) is 0 Å². The van der Waals surface area contributed by atoms with Crippen LogP contribution in [0.2, 0.25) is 0 Å². The van der Waals surface area contributed by atoms with Crippen LogP contribution < -0.4 is 0 Å². The van der Waals surface area contributed by atoms with Gasteiger partial charge in [0.05, 0.1) is 0 Å². The molecule has 0 aromatic heterocycles. The van der Waals surface area contributed by atoms with E-state index in [0.29, 0.717) is 19.3 Å². The molecule has 0 aromatic carbocycles. The van der Waals surface area contributed by atoms with E-state index in [-0.39, 0.29) is 10.7 Å². The van der Waals surface area contributed by atoms with Crippen LogP contribution in [0.1, 0.15) is 39.0 Å². The summed E-state index contributed by atoms with van der Waals surface area (Å²) in [5, 5.41) is 10.9. The first-order valence-corrected chi connectivity index (χ1v) is 4.88. The van der Waals surface area contributed by atoms with Gasteiger partial charge in [0.1, 0.15) is 5.78 Å². The maximum Gasteiger partial charge on any atom is 0.240 e. The minimum Gasteiger partial charge on any atom is -0.300 e. The second-order valence-electron chi connectivity index (χ2n) is 3.86. The van der Waals surface area contributed by atoms with Gasteiger partial charge in [0.2, 0.25) is 5.54 Å². The van der Waals surface area contributed by atoms with Crippen LogP contribution in [0.4, 0.5) is 0 Å². The number of nitrogens with zero attached hydrogens (tertiary/aromatic N) is 1. The molecule has 1 rings (SSSR count). The summed E-state index contributed by atoms with van der Waals surface area (Å²) >= 11 is 0. The van der Waals surface area contributed by atoms with Crippen LogP contribution in [0, 0.1) is 10.1 Å². The summed E-state index contributed by atoms with van der Waals surface area (Å²) in [6, 6.07) is 0. The molecule has 0 radical (unpaired) electrons. The Hall–Kier alpha value is -1.19. The Labute approximate surface area is 83.1 Å². The highest BCUT2D eigenvalue weighted by Crippen LogP contribution is 2.29. The molecule has 0 aromatic rings. The van der Waals surface area contributed by atoms with Gasteiger partial charge in [-0.3, -0.25) is 10.1 Å². The number of carbonyl (C=O) groups is 1. The highest BCUT2D eigenvalue weighted by Gasteiger charge is 2.40. The molecule has 0 saturated carbocycles. The first-order chi connectivity index (χ1) is 6.57. The molecule has 0 bridgehead atoms. The van der Waals surface area contributed by atoms with E-state index in [2.05, 4.69) is 0 Å². The van der Waals surface area contributed by atoms with Crippen molar-refractivity contribution >= 4 is 5.78 Å². The van der Waals surface area contributed by atoms with Crippen molar-refractivity contribution in [2.45, 2.75) is 44.6 Å². The summed E-state index contributed by atoms with van der Waals surface area (Å²) in [5.74, 6) is 0.0187. The zero-order valence-electron chi connectivity index (χ0n) is 8.36. The lowest BCUT2D eigenvalue weighted by atomic mass is 9.84. The van der Waals surface area contributed by atoms with Crippen molar-refractivity contribution in [2.24, 2.45) is 0 Å². The molecular weight excluding hydrogens is 182 g/mol. The van der Waals surface area contributed by atoms with Crippen molar-refractivity contribution in [3.63, 3.8) is 0 Å². The fraction of sp³-hybridized carbons (Fsp3) is 0.700. The average molecular weight is 197 g/mol. The smallest absolute Gasteiger partial charge is 0.240 e. The summed E-state index contributed by atoms with van der Waals surface area (Å²) in [6.45, 7) is 1.47. The largest absolute Gasteiger partial charge is 0.300 e. The van der Waals surface area contributed by atoms with Crippen molar-refractivity contribution in [3.8, 4) is 0 Å². The first-order valence-electron chi connectivity index (χ1n) is 4.88. The van der Waals surface area contributed by atoms with Gasteiger partial charge in [-0.1, -0.05) is 6.08 Å². The lowest BCUT2D eigenvalue weighted by Gasteiger charge is -2.24. The van der Waals surface area contributed by atoms with E-state index in [0.717, 1.165) is 12.8 Å². The van der Waals surface area contributed by atoms with Gasteiger partial charge in [-0.2, -0.15) is 0 Å². The molecule has 0 spiro atoms. The molecule has 0 aliphatic heterocycles. The van der Waals surface area contributed by atoms with Crippen molar-refractivity contribution in [3.05, 3.63) is 22.3 Å². The van der Waals surface area contributed by atoms with Crippen molar-refractivity contribution in [1.82, 2.24) is 0 Å². The minimum atomic E-state index is -0.968. The standard InChI is InChI=1S/C10H15NO3/c1-9(12)5-8-10(11(13)14)6-3-2-4-7-10/h3,6H,2,4-5,7-8H2,1H3/t10-/m1/s1. The number of Topliss-reactive ketones (excluding diaryl/α,β-unsaturated/α-hetero) is 1. The summed E-state index contributed by atoms with van der Waals surface area (Å²) < 4.78 is 0. The fourth-order valence-corrected chi connectivity index (χ4v) is 1.76. The quantitative estimate of drug-likeness (QED) is 0.394. The number of hydrogen-bond acceptors (Lipinski definition) is 3. The van der Waals surface area contributed by atoms with Crippen molar-refractivity contribution < 1.29 is 9.72 Å². The number of rotatable bonds is 4. The lowest BCUT2D eigenvalue weighted by molar-refractivity contribution is -0.558. The Morgan fingerprint density at radius 1 is 1.64 bits per heavy atom. The average Bonchev–Trinajstić information content (AvgIpc) is 2.16. The second-order valence-corrected chi connectivity index (χ2v) is 3.86. The monoisotopic (exact) mass is 197 g/mol. The highest BCUT2D eigenvalue weighted by molar-refractivity contribution is 5.75. The molecular formula is C10H15NO3. The molecule has 1 aliphatic carbocycles. The molecule has 1 atom stereocenters. The molecule has 4 nitrogen and oxygen atoms in total. The predicted octanol–water partition coefficient (Wildman–Crippen LogP) is 2.11. The zero-order chi connectivity index (χ0) is 10.6. The number of carbonyl (C=O) groups excluding carboxylic acids is 1. The second kappa shape index (κ2) is 4.35. The van der Waals surface area contributed by atoms with Gasteiger partial charge < -0.3 is 4.79 Å². The normalized spacial score (nSPS) is 26.1. The fourth-order valence-electron chi connectivity index (χ4n) is 1.76. The van der Waals surface area contributed by atoms with Crippen molar-refractivity contribution in [1.29, 1.82) is 0 Å². The maximum absolute atomic E-state index is 10.9. The molecule has 0 N–H and O–H groups in total. The van der Waals surface area contributed by atoms with Crippen LogP contribution in [-0.2, 0) is 4.79 Å². The molecule has 0 heterocycles. The Kier molecular flexibility index (Phi) is 3.38. The van der Waals surface area contributed by atoms with Gasteiger partial charge in [-0.05, 0) is 25.8 Å². The summed E-state index contributed by atoms with van der Waals surface area (Å²) in [4.78, 5) is 21.5. The van der Waals surface area contributed by atoms with Gasteiger partial charge in [0.25, 0.3) is 0 Å². The van der Waals surface area contributed by atoms with Crippen LogP contribution in [0.5, 0.6) is 0 Å². The molecule has 0 saturated heterocycles. The molecule has 78 valence electrons. The number of nitro groups is 1. The summed E-state index contributed by atoms with van der Waals surface area (Å²) in [5.41, 5.74) is -0.968. The Morgan fingerprint density at radius 3 is 2.79 bits per heavy atom. The van der Waals surface area contributed by atoms with Crippen LogP contribution in [-0.4, -0.2) is 16.2 Å². The van der Waals surface area contributed by atoms with E-state index >= 15 is 0 Å². The van der Waals surface area contributed by atoms with E-state index in [9.17, 15) is 14.9 Å². The Bertz CT molecular complexity index is 273. The molecule has 0 amide bonds. The van der Waals surface area contributed by atoms with Crippen LogP contribution in [0.25, 0.3) is 0 Å². The van der Waals surface area contributed by atoms with Gasteiger partial charge in [0.15, 0.2) is 0 Å². The third-order valence-corrected chi connectivity index (χ3v) is 2.68. The SMILES string of the molecule is CC(=O)CC[C@@]1([N+](=O)[O-])C=CCCC1. The van der Waals surface area contributed by atoms with Gasteiger partial charge in [0, 0.05) is 24.2 Å². The van der Waals surface area contributed by atoms with E-state index in [4.69, 9.17) is 0 Å². The number of hydrogen-bond donors (Lipinski definition) is 0. The van der Waals surface area contributed by atoms with Gasteiger partial charge >= 0.3 is 0 Å². The number of allylic oxidation sites excluding steroid dienone is 1. The summed E-state index contributed by atoms with van der Waals surface area (Å²) in [6.07, 6.45) is 6.47. The highest BCUT2D eigenvalue weighted by atomic mass is 16.6. The van der Waals surface area contributed by atoms with Crippen LogP contribution >= 0.6 is 0 Å². The van der Waals surface area contributed by atoms with E-state index in [1.165, 1.54) is 6.92 Å². The third-order valence-electron chi connectivity index (χ3n) is 2.68. The predicted molar refractivity (Wildman–Crippen MR) is 52.6 cm³/mol. The topological polar surface area (TPSA) is 60.2 Å². The van der Waals surface area contributed by atoms with E-state index < -0.39 is 5.54 Å². The Balaban J connectivity index is 2.71. The third kappa shape index (κ3) is 2.40. The van der Waals surface area contributed by atoms with Crippen LogP contribution in [0.15, 0.2) is 12.2 Å². The molecule has 0 unspecified atom stereocenters. The molecule has 0 fully saturated rings.